The van der Waals surface area contributed by atoms with Crippen LogP contribution >= 0.6 is 0 Å². The SMILES string of the molecule is COc1ccc(C2(CCc3ncc(-c4ccccc4)n(CC(=O)NCc4cc5cnccc5[nH]4)c3=O)CC2)cc1. The summed E-state index contributed by atoms with van der Waals surface area (Å²) in [5, 5.41) is 3.93. The molecule has 0 atom stereocenters. The molecule has 1 fully saturated rings. The number of pyridine rings is 1. The van der Waals surface area contributed by atoms with Crippen molar-refractivity contribution in [2.75, 3.05) is 7.11 Å². The molecule has 0 bridgehead atoms. The molecule has 5 aromatic rings. The van der Waals surface area contributed by atoms with Crippen LogP contribution in [0, 0.1) is 0 Å². The van der Waals surface area contributed by atoms with Crippen molar-refractivity contribution in [2.45, 2.75) is 44.2 Å². The van der Waals surface area contributed by atoms with Gasteiger partial charge in [0.15, 0.2) is 0 Å². The van der Waals surface area contributed by atoms with E-state index in [9.17, 15) is 9.59 Å². The van der Waals surface area contributed by atoms with Gasteiger partial charge in [0.2, 0.25) is 5.91 Å². The molecule has 202 valence electrons. The van der Waals surface area contributed by atoms with Crippen molar-refractivity contribution in [3.63, 3.8) is 0 Å². The van der Waals surface area contributed by atoms with Gasteiger partial charge in [-0.1, -0.05) is 42.5 Å². The molecule has 0 unspecified atom stereocenters. The molecule has 8 nitrogen and oxygen atoms in total. The topological polar surface area (TPSA) is 102 Å². The first kappa shape index (κ1) is 25.6. The van der Waals surface area contributed by atoms with Gasteiger partial charge in [0.05, 0.1) is 25.5 Å². The molecule has 0 aliphatic heterocycles. The zero-order valence-electron chi connectivity index (χ0n) is 22.4. The van der Waals surface area contributed by atoms with Crippen LogP contribution < -0.4 is 15.6 Å². The molecular weight excluding hydrogens is 502 g/mol. The number of benzene rings is 2. The number of nitrogens with zero attached hydrogens (tertiary/aromatic N) is 3. The van der Waals surface area contributed by atoms with E-state index in [4.69, 9.17) is 4.74 Å². The van der Waals surface area contributed by atoms with Gasteiger partial charge in [-0.25, -0.2) is 0 Å². The predicted octanol–water partition coefficient (Wildman–Crippen LogP) is 4.78. The molecule has 1 saturated carbocycles. The lowest BCUT2D eigenvalue weighted by molar-refractivity contribution is -0.121. The molecule has 1 aliphatic rings. The number of nitrogens with one attached hydrogen (secondary N) is 2. The number of fused-ring (bicyclic) bond motifs is 1. The molecule has 3 heterocycles. The Balaban J connectivity index is 1.21. The smallest absolute Gasteiger partial charge is 0.273 e. The number of hydrogen-bond acceptors (Lipinski definition) is 5. The van der Waals surface area contributed by atoms with Gasteiger partial charge < -0.3 is 15.0 Å². The number of aromatic amines is 1. The number of hydrogen-bond donors (Lipinski definition) is 2. The lowest BCUT2D eigenvalue weighted by atomic mass is 9.90. The molecule has 1 aliphatic carbocycles. The fraction of sp³-hybridized carbons (Fsp3) is 0.250. The van der Waals surface area contributed by atoms with Crippen molar-refractivity contribution < 1.29 is 9.53 Å². The monoisotopic (exact) mass is 533 g/mol. The standard InChI is InChI=1S/C32H31N5O3/c1-40-26-9-7-24(8-10-26)32(14-15-32)13-11-28-31(39)37(29(20-34-28)22-5-3-2-4-6-22)21-30(38)35-19-25-17-23-18-33-16-12-27(23)36-25/h2-10,12,16-18,20,36H,11,13-15,19,21H2,1H3,(H,35,38). The number of H-pyrrole nitrogens is 1. The zero-order valence-corrected chi connectivity index (χ0v) is 22.4. The fourth-order valence-electron chi connectivity index (χ4n) is 5.35. The first-order valence-electron chi connectivity index (χ1n) is 13.5. The molecular formula is C32H31N5O3. The first-order valence-corrected chi connectivity index (χ1v) is 13.5. The van der Waals surface area contributed by atoms with Crippen molar-refractivity contribution in [1.82, 2.24) is 24.8 Å². The van der Waals surface area contributed by atoms with Crippen LogP contribution in [0.5, 0.6) is 5.75 Å². The third-order valence-electron chi connectivity index (χ3n) is 7.85. The normalized spacial score (nSPS) is 13.7. The molecule has 0 saturated heterocycles. The highest BCUT2D eigenvalue weighted by Crippen LogP contribution is 2.51. The number of aryl methyl sites for hydroxylation is 1. The van der Waals surface area contributed by atoms with Crippen LogP contribution in [0.4, 0.5) is 0 Å². The maximum Gasteiger partial charge on any atom is 0.273 e. The summed E-state index contributed by atoms with van der Waals surface area (Å²) in [6.45, 7) is 0.231. The Morgan fingerprint density at radius 3 is 2.60 bits per heavy atom. The molecule has 3 aromatic heterocycles. The van der Waals surface area contributed by atoms with Crippen molar-refractivity contribution in [3.05, 3.63) is 113 Å². The van der Waals surface area contributed by atoms with E-state index < -0.39 is 0 Å². The van der Waals surface area contributed by atoms with Crippen molar-refractivity contribution in [1.29, 1.82) is 0 Å². The molecule has 0 radical (unpaired) electrons. The van der Waals surface area contributed by atoms with E-state index in [-0.39, 0.29) is 23.4 Å². The van der Waals surface area contributed by atoms with E-state index >= 15 is 0 Å². The van der Waals surface area contributed by atoms with E-state index in [1.165, 1.54) is 5.56 Å². The lowest BCUT2D eigenvalue weighted by Crippen LogP contribution is -2.35. The molecule has 1 amide bonds. The van der Waals surface area contributed by atoms with Crippen molar-refractivity contribution >= 4 is 16.8 Å². The van der Waals surface area contributed by atoms with E-state index in [2.05, 4.69) is 32.4 Å². The molecule has 6 rings (SSSR count). The van der Waals surface area contributed by atoms with E-state index in [1.807, 2.05) is 54.6 Å². The second-order valence-corrected chi connectivity index (χ2v) is 10.4. The van der Waals surface area contributed by atoms with Crippen molar-refractivity contribution in [3.8, 4) is 17.0 Å². The minimum atomic E-state index is -0.245. The minimum Gasteiger partial charge on any atom is -0.497 e. The van der Waals surface area contributed by atoms with Gasteiger partial charge in [-0.3, -0.25) is 24.1 Å². The van der Waals surface area contributed by atoms with Crippen LogP contribution in [-0.4, -0.2) is 32.5 Å². The Hall–Kier alpha value is -4.72. The van der Waals surface area contributed by atoms with E-state index in [0.29, 0.717) is 24.4 Å². The first-order chi connectivity index (χ1) is 19.5. The van der Waals surface area contributed by atoms with Crippen LogP contribution in [-0.2, 0) is 29.7 Å². The fourth-order valence-corrected chi connectivity index (χ4v) is 5.35. The Labute approximate surface area is 232 Å². The zero-order chi connectivity index (χ0) is 27.5. The molecule has 8 heteroatoms. The maximum atomic E-state index is 13.7. The largest absolute Gasteiger partial charge is 0.497 e. The molecule has 2 N–H and O–H groups in total. The van der Waals surface area contributed by atoms with E-state index in [0.717, 1.165) is 47.2 Å². The molecule has 40 heavy (non-hydrogen) atoms. The van der Waals surface area contributed by atoms with Gasteiger partial charge in [0, 0.05) is 29.0 Å². The second kappa shape index (κ2) is 10.8. The number of aromatic nitrogens is 4. The Morgan fingerprint density at radius 1 is 1.07 bits per heavy atom. The van der Waals surface area contributed by atoms with Gasteiger partial charge in [-0.05, 0) is 66.5 Å². The number of ether oxygens (including phenoxy) is 1. The molecule has 2 aromatic carbocycles. The van der Waals surface area contributed by atoms with Crippen LogP contribution in [0.1, 0.15) is 36.2 Å². The summed E-state index contributed by atoms with van der Waals surface area (Å²) in [7, 11) is 1.66. The average Bonchev–Trinajstić information content (AvgIpc) is 3.67. The van der Waals surface area contributed by atoms with Gasteiger partial charge in [0.25, 0.3) is 5.56 Å². The summed E-state index contributed by atoms with van der Waals surface area (Å²) in [5.74, 6) is 0.588. The Morgan fingerprint density at radius 2 is 1.88 bits per heavy atom. The lowest BCUT2D eigenvalue weighted by Gasteiger charge is -2.17. The van der Waals surface area contributed by atoms with Crippen LogP contribution in [0.3, 0.4) is 0 Å². The highest BCUT2D eigenvalue weighted by Gasteiger charge is 2.43. The van der Waals surface area contributed by atoms with E-state index in [1.54, 1.807) is 30.3 Å². The van der Waals surface area contributed by atoms with Crippen LogP contribution in [0.2, 0.25) is 0 Å². The van der Waals surface area contributed by atoms with Crippen LogP contribution in [0.15, 0.2) is 90.1 Å². The number of methoxy groups -OCH3 is 1. The highest BCUT2D eigenvalue weighted by atomic mass is 16.5. The minimum absolute atomic E-state index is 0.0653. The number of carbonyl (C=O) groups excluding carboxylic acids is 1. The average molecular weight is 534 g/mol. The third kappa shape index (κ3) is 5.25. The number of carbonyl (C=O) groups is 1. The number of amides is 1. The number of rotatable bonds is 10. The predicted molar refractivity (Wildman–Crippen MR) is 154 cm³/mol. The Kier molecular flexibility index (Phi) is 6.90. The summed E-state index contributed by atoms with van der Waals surface area (Å²) in [5.41, 5.74) is 4.88. The van der Waals surface area contributed by atoms with Gasteiger partial charge in [-0.2, -0.15) is 0 Å². The van der Waals surface area contributed by atoms with Gasteiger partial charge in [-0.15, -0.1) is 0 Å². The van der Waals surface area contributed by atoms with Gasteiger partial charge in [0.1, 0.15) is 18.0 Å². The summed E-state index contributed by atoms with van der Waals surface area (Å²) < 4.78 is 6.86. The second-order valence-electron chi connectivity index (χ2n) is 10.4. The summed E-state index contributed by atoms with van der Waals surface area (Å²) >= 11 is 0. The maximum absolute atomic E-state index is 13.7. The van der Waals surface area contributed by atoms with Gasteiger partial charge >= 0.3 is 0 Å². The highest BCUT2D eigenvalue weighted by molar-refractivity contribution is 5.80. The van der Waals surface area contributed by atoms with Crippen molar-refractivity contribution in [2.24, 2.45) is 0 Å². The third-order valence-corrected chi connectivity index (χ3v) is 7.85. The van der Waals surface area contributed by atoms with Crippen LogP contribution in [0.25, 0.3) is 22.2 Å². The Bertz CT molecular complexity index is 1670. The summed E-state index contributed by atoms with van der Waals surface area (Å²) in [6.07, 6.45) is 8.77. The quantitative estimate of drug-likeness (QED) is 0.269. The molecule has 0 spiro atoms. The summed E-state index contributed by atoms with van der Waals surface area (Å²) in [6, 6.07) is 21.7. The summed E-state index contributed by atoms with van der Waals surface area (Å²) in [4.78, 5) is 38.8.